The summed E-state index contributed by atoms with van der Waals surface area (Å²) in [5, 5.41) is 2.86. The van der Waals surface area contributed by atoms with Crippen LogP contribution in [0.4, 0.5) is 5.69 Å². The third-order valence-electron chi connectivity index (χ3n) is 5.31. The van der Waals surface area contributed by atoms with E-state index in [9.17, 15) is 18.0 Å². The van der Waals surface area contributed by atoms with Gasteiger partial charge < -0.3 is 15.0 Å². The van der Waals surface area contributed by atoms with Crippen LogP contribution in [0.3, 0.4) is 0 Å². The molecule has 1 atom stereocenters. The van der Waals surface area contributed by atoms with E-state index in [4.69, 9.17) is 4.74 Å². The molecule has 2 aromatic carbocycles. The normalized spacial score (nSPS) is 12.0. The lowest BCUT2D eigenvalue weighted by Gasteiger charge is -2.31. The number of hydrogen-bond acceptors (Lipinski definition) is 5. The first-order chi connectivity index (χ1) is 16.2. The van der Waals surface area contributed by atoms with E-state index in [2.05, 4.69) is 5.32 Å². The molecule has 0 fully saturated rings. The topological polar surface area (TPSA) is 96.0 Å². The molecule has 0 aliphatic rings. The van der Waals surface area contributed by atoms with Crippen LogP contribution in [0.25, 0.3) is 0 Å². The van der Waals surface area contributed by atoms with Gasteiger partial charge in [0.25, 0.3) is 0 Å². The van der Waals surface area contributed by atoms with Crippen LogP contribution in [0.1, 0.15) is 39.2 Å². The van der Waals surface area contributed by atoms with Gasteiger partial charge in [0.05, 0.1) is 18.6 Å². The van der Waals surface area contributed by atoms with Crippen molar-refractivity contribution in [1.29, 1.82) is 0 Å². The van der Waals surface area contributed by atoms with Crippen molar-refractivity contribution in [3.63, 3.8) is 0 Å². The first-order valence-electron chi connectivity index (χ1n) is 11.5. The molecule has 0 saturated heterocycles. The fourth-order valence-corrected chi connectivity index (χ4v) is 4.24. The zero-order chi connectivity index (χ0) is 25.1. The van der Waals surface area contributed by atoms with Gasteiger partial charge in [0.1, 0.15) is 18.3 Å². The van der Waals surface area contributed by atoms with Crippen molar-refractivity contribution in [1.82, 2.24) is 10.2 Å². The first kappa shape index (κ1) is 27.2. The molecule has 0 spiro atoms. The molecule has 1 N–H and O–H groups in total. The van der Waals surface area contributed by atoms with Gasteiger partial charge in [-0.2, -0.15) is 0 Å². The minimum absolute atomic E-state index is 0.183. The summed E-state index contributed by atoms with van der Waals surface area (Å²) in [6.45, 7) is 6.31. The standard InChI is InChI=1S/C25H35N3O5S/c1-5-7-17-26-25(30)20(3)27(18-21-11-9-8-10-12-21)24(29)19-28(34(4,31)32)22-13-15-23(16-14-22)33-6-2/h8-16,20H,5-7,17-19H2,1-4H3,(H,26,30). The van der Waals surface area contributed by atoms with E-state index in [0.29, 0.717) is 24.6 Å². The average Bonchev–Trinajstić information content (AvgIpc) is 2.81. The number of carbonyl (C=O) groups is 2. The zero-order valence-corrected chi connectivity index (χ0v) is 21.2. The number of unbranched alkanes of at least 4 members (excludes halogenated alkanes) is 1. The largest absolute Gasteiger partial charge is 0.494 e. The Labute approximate surface area is 202 Å². The Hall–Kier alpha value is -3.07. The van der Waals surface area contributed by atoms with E-state index in [0.717, 1.165) is 29.0 Å². The van der Waals surface area contributed by atoms with Crippen LogP contribution in [0.15, 0.2) is 54.6 Å². The summed E-state index contributed by atoms with van der Waals surface area (Å²) in [5.74, 6) is -0.139. The summed E-state index contributed by atoms with van der Waals surface area (Å²) < 4.78 is 31.6. The number of nitrogens with one attached hydrogen (secondary N) is 1. The summed E-state index contributed by atoms with van der Waals surface area (Å²) in [6, 6.07) is 15.0. The zero-order valence-electron chi connectivity index (χ0n) is 20.4. The summed E-state index contributed by atoms with van der Waals surface area (Å²) in [5.41, 5.74) is 1.19. The maximum absolute atomic E-state index is 13.4. The van der Waals surface area contributed by atoms with Gasteiger partial charge in [-0.15, -0.1) is 0 Å². The van der Waals surface area contributed by atoms with Gasteiger partial charge in [-0.25, -0.2) is 8.42 Å². The third kappa shape index (κ3) is 8.06. The van der Waals surface area contributed by atoms with Crippen molar-refractivity contribution < 1.29 is 22.7 Å². The van der Waals surface area contributed by atoms with Crippen molar-refractivity contribution in [2.24, 2.45) is 0 Å². The molecule has 0 aliphatic heterocycles. The number of ether oxygens (including phenoxy) is 1. The van der Waals surface area contributed by atoms with Crippen LogP contribution < -0.4 is 14.4 Å². The highest BCUT2D eigenvalue weighted by Gasteiger charge is 2.30. The van der Waals surface area contributed by atoms with Gasteiger partial charge in [0, 0.05) is 13.1 Å². The van der Waals surface area contributed by atoms with Crippen molar-refractivity contribution in [2.45, 2.75) is 46.2 Å². The lowest BCUT2D eigenvalue weighted by molar-refractivity contribution is -0.139. The van der Waals surface area contributed by atoms with Crippen LogP contribution in [0, 0.1) is 0 Å². The number of benzene rings is 2. The smallest absolute Gasteiger partial charge is 0.244 e. The van der Waals surface area contributed by atoms with E-state index < -0.39 is 28.5 Å². The molecule has 8 nitrogen and oxygen atoms in total. The predicted octanol–water partition coefficient (Wildman–Crippen LogP) is 3.18. The number of nitrogens with zero attached hydrogens (tertiary/aromatic N) is 2. The van der Waals surface area contributed by atoms with E-state index >= 15 is 0 Å². The lowest BCUT2D eigenvalue weighted by Crippen LogP contribution is -2.51. The van der Waals surface area contributed by atoms with Crippen LogP contribution >= 0.6 is 0 Å². The van der Waals surface area contributed by atoms with Crippen molar-refractivity contribution >= 4 is 27.5 Å². The fraction of sp³-hybridized carbons (Fsp3) is 0.440. The monoisotopic (exact) mass is 489 g/mol. The Morgan fingerprint density at radius 2 is 1.68 bits per heavy atom. The molecule has 0 radical (unpaired) electrons. The molecule has 2 aromatic rings. The number of rotatable bonds is 13. The second-order valence-electron chi connectivity index (χ2n) is 8.02. The van der Waals surface area contributed by atoms with Crippen molar-refractivity contribution in [3.05, 3.63) is 60.2 Å². The minimum Gasteiger partial charge on any atom is -0.494 e. The summed E-state index contributed by atoms with van der Waals surface area (Å²) in [4.78, 5) is 27.6. The molecule has 0 aromatic heterocycles. The van der Waals surface area contributed by atoms with Crippen LogP contribution in [0.2, 0.25) is 0 Å². The van der Waals surface area contributed by atoms with Gasteiger partial charge >= 0.3 is 0 Å². The van der Waals surface area contributed by atoms with Gasteiger partial charge in [-0.3, -0.25) is 13.9 Å². The predicted molar refractivity (Wildman–Crippen MR) is 134 cm³/mol. The van der Waals surface area contributed by atoms with Gasteiger partial charge in [-0.05, 0) is 50.1 Å². The molecule has 0 bridgehead atoms. The maximum atomic E-state index is 13.4. The summed E-state index contributed by atoms with van der Waals surface area (Å²) in [6.07, 6.45) is 2.83. The number of amides is 2. The van der Waals surface area contributed by atoms with E-state index in [-0.39, 0.29) is 12.5 Å². The molecule has 2 amide bonds. The molecule has 0 heterocycles. The second kappa shape index (κ2) is 13.0. The van der Waals surface area contributed by atoms with Crippen molar-refractivity contribution in [3.8, 4) is 5.75 Å². The molecule has 0 saturated carbocycles. The van der Waals surface area contributed by atoms with Crippen molar-refractivity contribution in [2.75, 3.05) is 30.3 Å². The molecular formula is C25H35N3O5S. The molecule has 1 unspecified atom stereocenters. The molecule has 0 aliphatic carbocycles. The van der Waals surface area contributed by atoms with E-state index in [1.54, 1.807) is 31.2 Å². The van der Waals surface area contributed by atoms with Gasteiger partial charge in [0.15, 0.2) is 0 Å². The number of carbonyl (C=O) groups excluding carboxylic acids is 2. The van der Waals surface area contributed by atoms with Gasteiger partial charge in [0.2, 0.25) is 21.8 Å². The average molecular weight is 490 g/mol. The Morgan fingerprint density at radius 3 is 2.24 bits per heavy atom. The molecular weight excluding hydrogens is 454 g/mol. The minimum atomic E-state index is -3.76. The Kier molecular flexibility index (Phi) is 10.4. The van der Waals surface area contributed by atoms with E-state index in [1.807, 2.05) is 44.2 Å². The molecule has 34 heavy (non-hydrogen) atoms. The number of anilines is 1. The quantitative estimate of drug-likeness (QED) is 0.436. The Balaban J connectivity index is 2.30. The first-order valence-corrected chi connectivity index (χ1v) is 13.3. The highest BCUT2D eigenvalue weighted by Crippen LogP contribution is 2.22. The SMILES string of the molecule is CCCCNC(=O)C(C)N(Cc1ccccc1)C(=O)CN(c1ccc(OCC)cc1)S(C)(=O)=O. The van der Waals surface area contributed by atoms with Gasteiger partial charge in [-0.1, -0.05) is 43.7 Å². The number of sulfonamides is 1. The highest BCUT2D eigenvalue weighted by molar-refractivity contribution is 7.92. The van der Waals surface area contributed by atoms with Crippen LogP contribution in [0.5, 0.6) is 5.75 Å². The Morgan fingerprint density at radius 1 is 1.03 bits per heavy atom. The molecule has 186 valence electrons. The van der Waals surface area contributed by atoms with Crippen LogP contribution in [-0.4, -0.2) is 57.1 Å². The van der Waals surface area contributed by atoms with Crippen LogP contribution in [-0.2, 0) is 26.2 Å². The second-order valence-corrected chi connectivity index (χ2v) is 9.93. The molecule has 2 rings (SSSR count). The maximum Gasteiger partial charge on any atom is 0.244 e. The fourth-order valence-electron chi connectivity index (χ4n) is 3.39. The lowest BCUT2D eigenvalue weighted by atomic mass is 10.1. The summed E-state index contributed by atoms with van der Waals surface area (Å²) >= 11 is 0. The highest BCUT2D eigenvalue weighted by atomic mass is 32.2. The number of hydrogen-bond donors (Lipinski definition) is 1. The summed E-state index contributed by atoms with van der Waals surface area (Å²) in [7, 11) is -3.76. The van der Waals surface area contributed by atoms with E-state index in [1.165, 1.54) is 4.90 Å². The Bertz CT molecular complexity index is 1030. The third-order valence-corrected chi connectivity index (χ3v) is 6.45. The molecule has 9 heteroatoms.